The average molecular weight is 205 g/mol. The van der Waals surface area contributed by atoms with E-state index in [0.29, 0.717) is 11.3 Å². The Labute approximate surface area is 87.1 Å². The molecule has 1 atom stereocenters. The Morgan fingerprint density at radius 1 is 1.33 bits per heavy atom. The van der Waals surface area contributed by atoms with Crippen molar-refractivity contribution in [1.82, 2.24) is 0 Å². The van der Waals surface area contributed by atoms with E-state index in [9.17, 15) is 14.7 Å². The lowest BCUT2D eigenvalue weighted by Gasteiger charge is -2.17. The van der Waals surface area contributed by atoms with Gasteiger partial charge in [0.1, 0.15) is 0 Å². The number of para-hydroxylation sites is 1. The Morgan fingerprint density at radius 2 is 2.00 bits per heavy atom. The predicted octanol–water partition coefficient (Wildman–Crippen LogP) is 0.597. The lowest BCUT2D eigenvalue weighted by Crippen LogP contribution is -2.35. The standard InChI is InChI=1S/C11H11NO3/c1-7(13)6-12-9-5-3-2-4-8(9)10(14)11(12)15/h2-5,7,13H,6H2,1H3. The summed E-state index contributed by atoms with van der Waals surface area (Å²) in [6.07, 6.45) is -0.645. The van der Waals surface area contributed by atoms with E-state index >= 15 is 0 Å². The highest BCUT2D eigenvalue weighted by Crippen LogP contribution is 2.28. The number of aliphatic hydroxyl groups is 1. The molecule has 0 aromatic heterocycles. The molecule has 15 heavy (non-hydrogen) atoms. The number of Topliss-reactive ketones (excluding diaryl/α,β-unsaturated/α-hetero) is 1. The van der Waals surface area contributed by atoms with Crippen LogP contribution in [0.4, 0.5) is 5.69 Å². The van der Waals surface area contributed by atoms with Crippen molar-refractivity contribution < 1.29 is 14.7 Å². The molecular weight excluding hydrogens is 194 g/mol. The monoisotopic (exact) mass is 205 g/mol. The number of hydrogen-bond acceptors (Lipinski definition) is 3. The molecule has 0 spiro atoms. The number of benzene rings is 1. The quantitative estimate of drug-likeness (QED) is 0.719. The zero-order valence-corrected chi connectivity index (χ0v) is 8.30. The molecule has 1 aromatic carbocycles. The average Bonchev–Trinajstić information content (AvgIpc) is 2.44. The summed E-state index contributed by atoms with van der Waals surface area (Å²) in [5, 5.41) is 9.24. The lowest BCUT2D eigenvalue weighted by atomic mass is 10.1. The van der Waals surface area contributed by atoms with Crippen LogP contribution < -0.4 is 4.90 Å². The molecule has 1 heterocycles. The Balaban J connectivity index is 2.42. The molecule has 2 rings (SSSR count). The summed E-state index contributed by atoms with van der Waals surface area (Å²) in [5.41, 5.74) is 1.01. The Kier molecular flexibility index (Phi) is 2.28. The minimum absolute atomic E-state index is 0.154. The van der Waals surface area contributed by atoms with E-state index in [1.165, 1.54) is 4.90 Å². The fraction of sp³-hybridized carbons (Fsp3) is 0.273. The molecule has 0 bridgehead atoms. The minimum Gasteiger partial charge on any atom is -0.392 e. The van der Waals surface area contributed by atoms with Gasteiger partial charge in [-0.25, -0.2) is 0 Å². The van der Waals surface area contributed by atoms with Crippen LogP contribution in [-0.2, 0) is 4.79 Å². The maximum absolute atomic E-state index is 11.6. The van der Waals surface area contributed by atoms with E-state index < -0.39 is 17.8 Å². The van der Waals surface area contributed by atoms with Gasteiger partial charge in [-0.3, -0.25) is 9.59 Å². The number of hydrogen-bond donors (Lipinski definition) is 1. The lowest BCUT2D eigenvalue weighted by molar-refractivity contribution is -0.114. The summed E-state index contributed by atoms with van der Waals surface area (Å²) in [7, 11) is 0. The van der Waals surface area contributed by atoms with Gasteiger partial charge in [0, 0.05) is 0 Å². The molecule has 0 saturated carbocycles. The normalized spacial score (nSPS) is 16.8. The molecule has 0 aliphatic carbocycles. The number of rotatable bonds is 2. The highest BCUT2D eigenvalue weighted by Gasteiger charge is 2.35. The Bertz CT molecular complexity index is 426. The van der Waals surface area contributed by atoms with E-state index in [2.05, 4.69) is 0 Å². The van der Waals surface area contributed by atoms with Crippen LogP contribution in [0.15, 0.2) is 24.3 Å². The van der Waals surface area contributed by atoms with Crippen molar-refractivity contribution in [2.75, 3.05) is 11.4 Å². The van der Waals surface area contributed by atoms with Crippen molar-refractivity contribution in [3.05, 3.63) is 29.8 Å². The van der Waals surface area contributed by atoms with Gasteiger partial charge in [-0.2, -0.15) is 0 Å². The first-order valence-electron chi connectivity index (χ1n) is 4.74. The number of carbonyl (C=O) groups excluding carboxylic acids is 2. The van der Waals surface area contributed by atoms with Crippen LogP contribution in [0, 0.1) is 0 Å². The van der Waals surface area contributed by atoms with Crippen LogP contribution in [0.25, 0.3) is 0 Å². The van der Waals surface area contributed by atoms with Crippen LogP contribution >= 0.6 is 0 Å². The molecule has 4 heteroatoms. The zero-order valence-electron chi connectivity index (χ0n) is 8.30. The third-order valence-corrected chi connectivity index (χ3v) is 2.33. The maximum Gasteiger partial charge on any atom is 0.299 e. The summed E-state index contributed by atoms with van der Waals surface area (Å²) in [4.78, 5) is 24.4. The molecule has 1 amide bonds. The van der Waals surface area contributed by atoms with Crippen molar-refractivity contribution in [1.29, 1.82) is 0 Å². The van der Waals surface area contributed by atoms with Gasteiger partial charge in [0.05, 0.1) is 23.9 Å². The summed E-state index contributed by atoms with van der Waals surface area (Å²) in [5.74, 6) is -1.05. The van der Waals surface area contributed by atoms with Gasteiger partial charge in [0.15, 0.2) is 0 Å². The molecule has 1 aliphatic heterocycles. The van der Waals surface area contributed by atoms with Gasteiger partial charge in [-0.15, -0.1) is 0 Å². The second kappa shape index (κ2) is 3.47. The van der Waals surface area contributed by atoms with Crippen LogP contribution in [0.5, 0.6) is 0 Å². The summed E-state index contributed by atoms with van der Waals surface area (Å²) < 4.78 is 0. The van der Waals surface area contributed by atoms with Gasteiger partial charge >= 0.3 is 0 Å². The summed E-state index contributed by atoms with van der Waals surface area (Å²) in [6, 6.07) is 6.81. The molecule has 1 N–H and O–H groups in total. The number of amides is 1. The number of carbonyl (C=O) groups is 2. The SMILES string of the molecule is CC(O)CN1C(=O)C(=O)c2ccccc21. The third kappa shape index (κ3) is 1.53. The smallest absolute Gasteiger partial charge is 0.299 e. The van der Waals surface area contributed by atoms with Crippen LogP contribution in [0.2, 0.25) is 0 Å². The molecule has 1 aromatic rings. The van der Waals surface area contributed by atoms with Gasteiger partial charge in [-0.1, -0.05) is 12.1 Å². The second-order valence-corrected chi connectivity index (χ2v) is 3.61. The molecular formula is C11H11NO3. The fourth-order valence-corrected chi connectivity index (χ4v) is 1.69. The van der Waals surface area contributed by atoms with Crippen LogP contribution in [0.1, 0.15) is 17.3 Å². The molecule has 4 nitrogen and oxygen atoms in total. The highest BCUT2D eigenvalue weighted by atomic mass is 16.3. The van der Waals surface area contributed by atoms with Crippen molar-refractivity contribution in [2.24, 2.45) is 0 Å². The van der Waals surface area contributed by atoms with Crippen LogP contribution in [0.3, 0.4) is 0 Å². The fourth-order valence-electron chi connectivity index (χ4n) is 1.69. The number of fused-ring (bicyclic) bond motifs is 1. The van der Waals surface area contributed by atoms with Crippen molar-refractivity contribution >= 4 is 17.4 Å². The van der Waals surface area contributed by atoms with E-state index in [1.807, 2.05) is 0 Å². The van der Waals surface area contributed by atoms with Crippen molar-refractivity contribution in [3.8, 4) is 0 Å². The van der Waals surface area contributed by atoms with Crippen molar-refractivity contribution in [3.63, 3.8) is 0 Å². The van der Waals surface area contributed by atoms with Crippen LogP contribution in [-0.4, -0.2) is 29.4 Å². The Hall–Kier alpha value is -1.68. The molecule has 0 fully saturated rings. The Morgan fingerprint density at radius 3 is 2.67 bits per heavy atom. The first-order chi connectivity index (χ1) is 7.11. The number of aliphatic hydroxyl groups excluding tert-OH is 1. The van der Waals surface area contributed by atoms with E-state index in [0.717, 1.165) is 0 Å². The molecule has 0 saturated heterocycles. The van der Waals surface area contributed by atoms with Crippen molar-refractivity contribution in [2.45, 2.75) is 13.0 Å². The molecule has 0 radical (unpaired) electrons. The molecule has 78 valence electrons. The number of β-amino-alcohol motifs (C(OH)–C–C–N with tert-alkyl or cyclic N) is 1. The summed E-state index contributed by atoms with van der Waals surface area (Å²) >= 11 is 0. The summed E-state index contributed by atoms with van der Waals surface area (Å²) in [6.45, 7) is 1.74. The van der Waals surface area contributed by atoms with E-state index in [1.54, 1.807) is 31.2 Å². The number of ketones is 1. The first kappa shape index (κ1) is 9.86. The highest BCUT2D eigenvalue weighted by molar-refractivity contribution is 6.52. The predicted molar refractivity (Wildman–Crippen MR) is 54.8 cm³/mol. The first-order valence-corrected chi connectivity index (χ1v) is 4.74. The minimum atomic E-state index is -0.645. The second-order valence-electron chi connectivity index (χ2n) is 3.61. The largest absolute Gasteiger partial charge is 0.392 e. The van der Waals surface area contributed by atoms with E-state index in [-0.39, 0.29) is 6.54 Å². The van der Waals surface area contributed by atoms with Gasteiger partial charge < -0.3 is 10.0 Å². The van der Waals surface area contributed by atoms with E-state index in [4.69, 9.17) is 0 Å². The maximum atomic E-state index is 11.6. The van der Waals surface area contributed by atoms with Gasteiger partial charge in [-0.05, 0) is 19.1 Å². The third-order valence-electron chi connectivity index (χ3n) is 2.33. The topological polar surface area (TPSA) is 57.6 Å². The molecule has 1 unspecified atom stereocenters. The number of nitrogens with zero attached hydrogens (tertiary/aromatic N) is 1. The molecule has 1 aliphatic rings. The van der Waals surface area contributed by atoms with Gasteiger partial charge in [0.25, 0.3) is 11.7 Å². The van der Waals surface area contributed by atoms with Gasteiger partial charge in [0.2, 0.25) is 0 Å². The zero-order chi connectivity index (χ0) is 11.0. The number of anilines is 1.